The highest BCUT2D eigenvalue weighted by Crippen LogP contribution is 2.40. The van der Waals surface area contributed by atoms with E-state index in [1.807, 2.05) is 0 Å². The first-order chi connectivity index (χ1) is 31.7. The van der Waals surface area contributed by atoms with Gasteiger partial charge in [0.1, 0.15) is 0 Å². The molecule has 12 aromatic rings. The molecule has 0 radical (unpaired) electrons. The Kier molecular flexibility index (Phi) is 9.20. The van der Waals surface area contributed by atoms with Gasteiger partial charge >= 0.3 is 0 Å². The highest BCUT2D eigenvalue weighted by Gasteiger charge is 2.17. The van der Waals surface area contributed by atoms with Crippen LogP contribution in [0.1, 0.15) is 0 Å². The van der Waals surface area contributed by atoms with Crippen molar-refractivity contribution < 1.29 is 0 Å². The lowest BCUT2D eigenvalue weighted by Crippen LogP contribution is -2.09. The molecule has 0 fully saturated rings. The number of fused-ring (bicyclic) bond motifs is 5. The van der Waals surface area contributed by atoms with E-state index in [-0.39, 0.29) is 0 Å². The second kappa shape index (κ2) is 15.8. The Balaban J connectivity index is 0.884. The molecule has 12 rings (SSSR count). The van der Waals surface area contributed by atoms with Crippen LogP contribution >= 0.6 is 0 Å². The summed E-state index contributed by atoms with van der Waals surface area (Å²) in [7, 11) is 0. The summed E-state index contributed by atoms with van der Waals surface area (Å²) in [5.41, 5.74) is 16.5. The molecule has 0 atom stereocenters. The zero-order valence-corrected chi connectivity index (χ0v) is 35.1. The monoisotopic (exact) mass is 814 g/mol. The first-order valence-electron chi connectivity index (χ1n) is 22.0. The molecule has 300 valence electrons. The molecule has 64 heavy (non-hydrogen) atoms. The van der Waals surface area contributed by atoms with Crippen molar-refractivity contribution in [1.29, 1.82) is 0 Å². The zero-order valence-electron chi connectivity index (χ0n) is 35.1. The Morgan fingerprint density at radius 3 is 1.30 bits per heavy atom. The Morgan fingerprint density at radius 1 is 0.250 bits per heavy atom. The van der Waals surface area contributed by atoms with E-state index in [2.05, 4.69) is 264 Å². The molecule has 0 aliphatic rings. The van der Waals surface area contributed by atoms with Gasteiger partial charge < -0.3 is 9.47 Å². The van der Waals surface area contributed by atoms with Gasteiger partial charge in [-0.15, -0.1) is 0 Å². The van der Waals surface area contributed by atoms with Crippen molar-refractivity contribution >= 4 is 60.4 Å². The number of nitrogens with zero attached hydrogens (tertiary/aromatic N) is 2. The molecule has 2 nitrogen and oxygen atoms in total. The van der Waals surface area contributed by atoms with E-state index in [0.29, 0.717) is 0 Å². The summed E-state index contributed by atoms with van der Waals surface area (Å²) in [5.74, 6) is 0. The summed E-state index contributed by atoms with van der Waals surface area (Å²) < 4.78 is 2.41. The molecule has 0 aliphatic heterocycles. The van der Waals surface area contributed by atoms with Gasteiger partial charge in [-0.25, -0.2) is 0 Å². The number of benzene rings is 11. The molecule has 0 amide bonds. The molecule has 2 heteroatoms. The maximum atomic E-state index is 2.41. The predicted molar refractivity (Wildman–Crippen MR) is 272 cm³/mol. The van der Waals surface area contributed by atoms with E-state index in [9.17, 15) is 0 Å². The minimum atomic E-state index is 1.09. The number of rotatable bonds is 8. The van der Waals surface area contributed by atoms with Crippen LogP contribution < -0.4 is 4.90 Å². The van der Waals surface area contributed by atoms with Gasteiger partial charge in [0, 0.05) is 33.4 Å². The molecular weight excluding hydrogens is 773 g/mol. The van der Waals surface area contributed by atoms with Crippen molar-refractivity contribution in [2.75, 3.05) is 4.90 Å². The largest absolute Gasteiger partial charge is 0.311 e. The summed E-state index contributed by atoms with van der Waals surface area (Å²) in [6, 6.07) is 92.6. The summed E-state index contributed by atoms with van der Waals surface area (Å²) in [6.45, 7) is 0. The van der Waals surface area contributed by atoms with Crippen molar-refractivity contribution in [2.24, 2.45) is 0 Å². The van der Waals surface area contributed by atoms with E-state index < -0.39 is 0 Å². The van der Waals surface area contributed by atoms with Gasteiger partial charge in [0.2, 0.25) is 0 Å². The van der Waals surface area contributed by atoms with Crippen LogP contribution in [0.25, 0.3) is 93.5 Å². The molecule has 0 spiro atoms. The Bertz CT molecular complexity index is 3580. The average molecular weight is 815 g/mol. The highest BCUT2D eigenvalue weighted by molar-refractivity contribution is 6.09. The first-order valence-corrected chi connectivity index (χ1v) is 22.0. The molecule has 0 aliphatic carbocycles. The van der Waals surface area contributed by atoms with Gasteiger partial charge in [0.05, 0.1) is 16.7 Å². The standard InChI is InChI=1S/C62H42N2/c1-2-14-50-42-51(29-26-43(50)12-1)46-32-38-53(39-33-46)63(54-40-34-48(35-41-54)56-20-11-15-47-13-3-4-16-55(47)56)52-36-30-45(31-37-52)44-24-27-49(28-25-44)57-17-5-8-21-60(57)64-61-22-9-6-18-58(61)59-19-7-10-23-62(59)64/h1-42H. The van der Waals surface area contributed by atoms with Gasteiger partial charge in [0.25, 0.3) is 0 Å². The quantitative estimate of drug-likeness (QED) is 0.148. The van der Waals surface area contributed by atoms with Gasteiger partial charge in [0.15, 0.2) is 0 Å². The van der Waals surface area contributed by atoms with Crippen molar-refractivity contribution in [3.63, 3.8) is 0 Å². The summed E-state index contributed by atoms with van der Waals surface area (Å²) in [4.78, 5) is 2.36. The predicted octanol–water partition coefficient (Wildman–Crippen LogP) is 17.2. The lowest BCUT2D eigenvalue weighted by atomic mass is 9.97. The molecule has 0 saturated carbocycles. The first kappa shape index (κ1) is 37.3. The molecule has 11 aromatic carbocycles. The average Bonchev–Trinajstić information content (AvgIpc) is 3.71. The summed E-state index contributed by atoms with van der Waals surface area (Å²) in [6.07, 6.45) is 0. The molecule has 0 saturated heterocycles. The van der Waals surface area contributed by atoms with Crippen molar-refractivity contribution in [3.8, 4) is 50.2 Å². The number of hydrogen-bond donors (Lipinski definition) is 0. The van der Waals surface area contributed by atoms with Crippen LogP contribution in [0.5, 0.6) is 0 Å². The van der Waals surface area contributed by atoms with Crippen LogP contribution in [0.4, 0.5) is 17.1 Å². The van der Waals surface area contributed by atoms with Gasteiger partial charge in [-0.2, -0.15) is 0 Å². The molecule has 0 unspecified atom stereocenters. The normalized spacial score (nSPS) is 11.4. The van der Waals surface area contributed by atoms with Crippen molar-refractivity contribution in [3.05, 3.63) is 255 Å². The van der Waals surface area contributed by atoms with Crippen LogP contribution in [-0.2, 0) is 0 Å². The summed E-state index contributed by atoms with van der Waals surface area (Å²) in [5, 5.41) is 7.53. The van der Waals surface area contributed by atoms with Crippen LogP contribution in [0.3, 0.4) is 0 Å². The topological polar surface area (TPSA) is 8.17 Å². The molecule has 0 bridgehead atoms. The van der Waals surface area contributed by atoms with Crippen molar-refractivity contribution in [1.82, 2.24) is 4.57 Å². The minimum Gasteiger partial charge on any atom is -0.311 e. The molecule has 0 N–H and O–H groups in total. The van der Waals surface area contributed by atoms with E-state index in [0.717, 1.165) is 17.1 Å². The number of para-hydroxylation sites is 3. The number of hydrogen-bond acceptors (Lipinski definition) is 1. The van der Waals surface area contributed by atoms with Crippen LogP contribution in [0, 0.1) is 0 Å². The maximum absolute atomic E-state index is 2.41. The van der Waals surface area contributed by atoms with Gasteiger partial charge in [-0.05, 0) is 121 Å². The van der Waals surface area contributed by atoms with Crippen LogP contribution in [-0.4, -0.2) is 4.57 Å². The number of aromatic nitrogens is 1. The minimum absolute atomic E-state index is 1.09. The molecule has 1 heterocycles. The van der Waals surface area contributed by atoms with Crippen molar-refractivity contribution in [2.45, 2.75) is 0 Å². The van der Waals surface area contributed by atoms with E-state index in [1.165, 1.54) is 93.5 Å². The molecule has 1 aromatic heterocycles. The Hall–Kier alpha value is -8.46. The second-order valence-corrected chi connectivity index (χ2v) is 16.5. The fraction of sp³-hybridized carbons (Fsp3) is 0. The van der Waals surface area contributed by atoms with Crippen LogP contribution in [0.15, 0.2) is 255 Å². The number of anilines is 3. The van der Waals surface area contributed by atoms with E-state index in [1.54, 1.807) is 0 Å². The third-order valence-corrected chi connectivity index (χ3v) is 12.8. The highest BCUT2D eigenvalue weighted by atomic mass is 15.1. The fourth-order valence-electron chi connectivity index (χ4n) is 9.63. The molecular formula is C62H42N2. The van der Waals surface area contributed by atoms with Gasteiger partial charge in [-0.1, -0.05) is 194 Å². The maximum Gasteiger partial charge on any atom is 0.0541 e. The third-order valence-electron chi connectivity index (χ3n) is 12.8. The fourth-order valence-corrected chi connectivity index (χ4v) is 9.63. The smallest absolute Gasteiger partial charge is 0.0541 e. The Labute approximate surface area is 373 Å². The lowest BCUT2D eigenvalue weighted by Gasteiger charge is -2.26. The zero-order chi connectivity index (χ0) is 42.4. The van der Waals surface area contributed by atoms with Gasteiger partial charge in [-0.3, -0.25) is 0 Å². The van der Waals surface area contributed by atoms with Crippen LogP contribution in [0.2, 0.25) is 0 Å². The lowest BCUT2D eigenvalue weighted by molar-refractivity contribution is 1.18. The summed E-state index contributed by atoms with van der Waals surface area (Å²) >= 11 is 0. The third kappa shape index (κ3) is 6.61. The van der Waals surface area contributed by atoms with E-state index >= 15 is 0 Å². The Morgan fingerprint density at radius 2 is 0.656 bits per heavy atom. The second-order valence-electron chi connectivity index (χ2n) is 16.5. The van der Waals surface area contributed by atoms with E-state index in [4.69, 9.17) is 0 Å². The SMILES string of the molecule is c1ccc(-n2c3ccccc3c3ccccc32)c(-c2ccc(-c3ccc(N(c4ccc(-c5ccc6ccccc6c5)cc4)c4ccc(-c5cccc6ccccc56)cc4)cc3)cc2)c1.